The second kappa shape index (κ2) is 9.99. The van der Waals surface area contributed by atoms with E-state index in [9.17, 15) is 4.57 Å². The molecule has 0 spiro atoms. The number of hydrogen-bond acceptors (Lipinski definition) is 5. The molecule has 0 bridgehead atoms. The topological polar surface area (TPSA) is 54.0 Å². The van der Waals surface area contributed by atoms with Gasteiger partial charge < -0.3 is 9.47 Å². The van der Waals surface area contributed by atoms with Crippen molar-refractivity contribution in [1.29, 1.82) is 0 Å². The van der Waals surface area contributed by atoms with E-state index in [1.807, 2.05) is 72.8 Å². The molecule has 0 aliphatic rings. The third-order valence-corrected chi connectivity index (χ3v) is 5.64. The Balaban J connectivity index is 1.35. The van der Waals surface area contributed by atoms with Gasteiger partial charge in [0.25, 0.3) is 0 Å². The summed E-state index contributed by atoms with van der Waals surface area (Å²) in [6, 6.07) is 30.2. The van der Waals surface area contributed by atoms with Crippen LogP contribution in [0.2, 0.25) is 0 Å². The molecule has 0 saturated carbocycles. The molecule has 4 rings (SSSR count). The van der Waals surface area contributed by atoms with Crippen LogP contribution in [0.25, 0.3) is 22.3 Å². The molecule has 0 unspecified atom stereocenters. The normalized spacial score (nSPS) is 10.3. The summed E-state index contributed by atoms with van der Waals surface area (Å²) in [5, 5.41) is 0. The van der Waals surface area contributed by atoms with Crippen LogP contribution in [-0.2, 0) is 4.57 Å². The molecule has 0 aliphatic heterocycles. The van der Waals surface area contributed by atoms with Crippen LogP contribution in [0.1, 0.15) is 0 Å². The van der Waals surface area contributed by atoms with E-state index in [1.165, 1.54) is 0 Å². The second-order valence-electron chi connectivity index (χ2n) is 6.91. The van der Waals surface area contributed by atoms with Crippen LogP contribution < -0.4 is 18.5 Å². The molecule has 0 N–H and O–H groups in total. The lowest BCUT2D eigenvalue weighted by atomic mass is 10.1. The van der Waals surface area contributed by atoms with E-state index in [1.54, 1.807) is 38.5 Å². The predicted molar refractivity (Wildman–Crippen MR) is 126 cm³/mol. The third-order valence-electron chi connectivity index (χ3n) is 4.92. The molecule has 0 saturated heterocycles. The van der Waals surface area contributed by atoms with Crippen molar-refractivity contribution in [2.75, 3.05) is 14.2 Å². The summed E-state index contributed by atoms with van der Waals surface area (Å²) in [6.45, 7) is 0. The summed E-state index contributed by atoms with van der Waals surface area (Å²) in [7, 11) is 0.920. The molecule has 0 radical (unpaired) electrons. The van der Waals surface area contributed by atoms with E-state index in [4.69, 9.17) is 18.5 Å². The molecule has 0 fully saturated rings. The van der Waals surface area contributed by atoms with E-state index in [0.717, 1.165) is 33.8 Å². The first-order valence-corrected chi connectivity index (χ1v) is 11.1. The molecule has 32 heavy (non-hydrogen) atoms. The molecule has 4 aromatic rings. The van der Waals surface area contributed by atoms with Crippen LogP contribution in [0.4, 0.5) is 0 Å². The average Bonchev–Trinajstić information content (AvgIpc) is 2.85. The SMILES string of the molecule is COc1ccc(-c2ccc(O[P+](=O)Oc3ccc(-c4ccc(OC)cc4)cc3)cc2)cc1. The minimum atomic E-state index is -2.36. The van der Waals surface area contributed by atoms with Gasteiger partial charge in [-0.25, -0.2) is 9.05 Å². The summed E-state index contributed by atoms with van der Waals surface area (Å²) in [5.74, 6) is 2.55. The van der Waals surface area contributed by atoms with Gasteiger partial charge in [0.05, 0.1) is 14.2 Å². The molecule has 6 heteroatoms. The minimum absolute atomic E-state index is 0.471. The third kappa shape index (κ3) is 5.26. The van der Waals surface area contributed by atoms with E-state index in [0.29, 0.717) is 11.5 Å². The maximum absolute atomic E-state index is 12.3. The van der Waals surface area contributed by atoms with Crippen molar-refractivity contribution in [1.82, 2.24) is 0 Å². The fourth-order valence-corrected chi connectivity index (χ4v) is 3.80. The van der Waals surface area contributed by atoms with E-state index in [-0.39, 0.29) is 0 Å². The Morgan fingerprint density at radius 3 is 0.938 bits per heavy atom. The van der Waals surface area contributed by atoms with Gasteiger partial charge in [0.2, 0.25) is 0 Å². The molecule has 0 amide bonds. The van der Waals surface area contributed by atoms with Gasteiger partial charge in [0.1, 0.15) is 11.5 Å². The Morgan fingerprint density at radius 1 is 0.438 bits per heavy atom. The van der Waals surface area contributed by atoms with Crippen molar-refractivity contribution in [3.63, 3.8) is 0 Å². The standard InChI is InChI=1S/C26H22O5P/c1-28-23-11-3-19(4-12-23)21-7-15-25(16-8-21)30-32(27)31-26-17-9-22(10-18-26)20-5-13-24(29-2)14-6-20/h3-18H,1-2H3/q+1. The highest BCUT2D eigenvalue weighted by Crippen LogP contribution is 2.33. The van der Waals surface area contributed by atoms with Gasteiger partial charge in [-0.15, -0.1) is 0 Å². The molecule has 4 aromatic carbocycles. The van der Waals surface area contributed by atoms with E-state index in [2.05, 4.69) is 0 Å². The lowest BCUT2D eigenvalue weighted by Gasteiger charge is -2.04. The van der Waals surface area contributed by atoms with Gasteiger partial charge in [-0.2, -0.15) is 0 Å². The van der Waals surface area contributed by atoms with Gasteiger partial charge in [-0.05, 0) is 70.8 Å². The van der Waals surface area contributed by atoms with Crippen LogP contribution >= 0.6 is 8.25 Å². The molecular formula is C26H22O5P+. The van der Waals surface area contributed by atoms with E-state index < -0.39 is 8.25 Å². The highest BCUT2D eigenvalue weighted by molar-refractivity contribution is 7.34. The van der Waals surface area contributed by atoms with Crippen molar-refractivity contribution in [3.8, 4) is 45.3 Å². The Bertz CT molecular complexity index is 1070. The zero-order valence-corrected chi connectivity index (χ0v) is 18.6. The van der Waals surface area contributed by atoms with Crippen molar-refractivity contribution in [2.45, 2.75) is 0 Å². The van der Waals surface area contributed by atoms with Gasteiger partial charge in [0, 0.05) is 4.57 Å². The van der Waals surface area contributed by atoms with Gasteiger partial charge in [0.15, 0.2) is 11.5 Å². The Labute approximate surface area is 188 Å². The van der Waals surface area contributed by atoms with Crippen molar-refractivity contribution >= 4 is 8.25 Å². The number of ether oxygens (including phenoxy) is 2. The van der Waals surface area contributed by atoms with Crippen molar-refractivity contribution < 1.29 is 23.1 Å². The van der Waals surface area contributed by atoms with Crippen molar-refractivity contribution in [3.05, 3.63) is 97.1 Å². The highest BCUT2D eigenvalue weighted by Gasteiger charge is 2.24. The monoisotopic (exact) mass is 445 g/mol. The maximum atomic E-state index is 12.3. The van der Waals surface area contributed by atoms with Crippen molar-refractivity contribution in [2.24, 2.45) is 0 Å². The zero-order chi connectivity index (χ0) is 22.3. The number of methoxy groups -OCH3 is 2. The summed E-state index contributed by atoms with van der Waals surface area (Å²) >= 11 is 0. The summed E-state index contributed by atoms with van der Waals surface area (Å²) in [6.07, 6.45) is 0. The minimum Gasteiger partial charge on any atom is -0.497 e. The van der Waals surface area contributed by atoms with Crippen LogP contribution in [-0.4, -0.2) is 14.2 Å². The largest absolute Gasteiger partial charge is 0.805 e. The summed E-state index contributed by atoms with van der Waals surface area (Å²) < 4.78 is 33.6. The van der Waals surface area contributed by atoms with Crippen LogP contribution in [0, 0.1) is 0 Å². The lowest BCUT2D eigenvalue weighted by Crippen LogP contribution is -1.89. The molecule has 5 nitrogen and oxygen atoms in total. The van der Waals surface area contributed by atoms with Crippen LogP contribution in [0.5, 0.6) is 23.0 Å². The van der Waals surface area contributed by atoms with Gasteiger partial charge in [-0.1, -0.05) is 48.5 Å². The smallest absolute Gasteiger partial charge is 0.497 e. The van der Waals surface area contributed by atoms with E-state index >= 15 is 0 Å². The fourth-order valence-electron chi connectivity index (χ4n) is 3.17. The molecule has 0 atom stereocenters. The summed E-state index contributed by atoms with van der Waals surface area (Å²) in [4.78, 5) is 0. The Kier molecular flexibility index (Phi) is 6.69. The van der Waals surface area contributed by atoms with Crippen LogP contribution in [0.3, 0.4) is 0 Å². The Morgan fingerprint density at radius 2 is 0.688 bits per heavy atom. The molecule has 160 valence electrons. The second-order valence-corrected chi connectivity index (χ2v) is 7.72. The molecular weight excluding hydrogens is 423 g/mol. The maximum Gasteiger partial charge on any atom is 0.805 e. The zero-order valence-electron chi connectivity index (χ0n) is 17.7. The lowest BCUT2D eigenvalue weighted by molar-refractivity contribution is 0.414. The predicted octanol–water partition coefficient (Wildman–Crippen LogP) is 7.15. The number of rotatable bonds is 8. The van der Waals surface area contributed by atoms with Gasteiger partial charge >= 0.3 is 8.25 Å². The average molecular weight is 445 g/mol. The first-order valence-electron chi connectivity index (χ1n) is 9.97. The highest BCUT2D eigenvalue weighted by atomic mass is 31.1. The number of hydrogen-bond donors (Lipinski definition) is 0. The quantitative estimate of drug-likeness (QED) is 0.270. The molecule has 0 heterocycles. The van der Waals surface area contributed by atoms with Crippen LogP contribution in [0.15, 0.2) is 97.1 Å². The first kappa shape index (κ1) is 21.4. The Hall–Kier alpha value is -3.82. The fraction of sp³-hybridized carbons (Fsp3) is 0.0769. The molecule has 0 aromatic heterocycles. The first-order chi connectivity index (χ1) is 15.6. The molecule has 0 aliphatic carbocycles. The summed E-state index contributed by atoms with van der Waals surface area (Å²) in [5.41, 5.74) is 4.14. The number of benzene rings is 4. The van der Waals surface area contributed by atoms with Gasteiger partial charge in [-0.3, -0.25) is 0 Å².